The van der Waals surface area contributed by atoms with E-state index in [1.165, 1.54) is 0 Å². The van der Waals surface area contributed by atoms with Crippen LogP contribution in [0.3, 0.4) is 0 Å². The van der Waals surface area contributed by atoms with Gasteiger partial charge in [0.1, 0.15) is 5.69 Å². The Kier molecular flexibility index (Phi) is 7.06. The maximum Gasteiger partial charge on any atom is 0.113 e. The van der Waals surface area contributed by atoms with Crippen molar-refractivity contribution in [1.82, 2.24) is 19.9 Å². The lowest BCUT2D eigenvalue weighted by Gasteiger charge is -2.40. The Morgan fingerprint density at radius 2 is 2.00 bits per heavy atom. The highest BCUT2D eigenvalue weighted by Gasteiger charge is 2.32. The van der Waals surface area contributed by atoms with Crippen LogP contribution in [0.5, 0.6) is 0 Å². The molecule has 0 unspecified atom stereocenters. The van der Waals surface area contributed by atoms with E-state index in [1.807, 2.05) is 18.2 Å². The molecule has 1 N–H and O–H groups in total. The Morgan fingerprint density at radius 1 is 1.18 bits per heavy atom. The van der Waals surface area contributed by atoms with Gasteiger partial charge >= 0.3 is 0 Å². The number of aliphatic hydroxyl groups excluding tert-OH is 1. The summed E-state index contributed by atoms with van der Waals surface area (Å²) >= 11 is 13.0. The number of hydrogen-bond acceptors (Lipinski definition) is 5. The smallest absolute Gasteiger partial charge is 0.113 e. The van der Waals surface area contributed by atoms with E-state index in [1.54, 1.807) is 29.1 Å². The second-order valence-electron chi connectivity index (χ2n) is 9.35. The normalized spacial score (nSPS) is 17.2. The van der Waals surface area contributed by atoms with E-state index < -0.39 is 0 Å². The number of likely N-dealkylation sites (tertiary alicyclic amines) is 1. The van der Waals surface area contributed by atoms with Crippen molar-refractivity contribution in [3.8, 4) is 23.0 Å². The Labute approximate surface area is 204 Å². The molecule has 8 heteroatoms. The van der Waals surface area contributed by atoms with Crippen LogP contribution in [-0.4, -0.2) is 44.7 Å². The summed E-state index contributed by atoms with van der Waals surface area (Å²) in [6.45, 7) is 7.27. The highest BCUT2D eigenvalue weighted by molar-refractivity contribution is 6.32. The van der Waals surface area contributed by atoms with Gasteiger partial charge in [-0.1, -0.05) is 54.4 Å². The zero-order valence-corrected chi connectivity index (χ0v) is 20.3. The zero-order valence-electron chi connectivity index (χ0n) is 18.8. The molecular weight excluding hydrogens is 457 g/mol. The number of nitrogens with zero attached hydrogens (tertiary/aromatic N) is 5. The highest BCUT2D eigenvalue weighted by Crippen LogP contribution is 2.35. The van der Waals surface area contributed by atoms with Crippen molar-refractivity contribution in [1.29, 1.82) is 5.26 Å². The molecule has 0 spiro atoms. The maximum atomic E-state index is 9.75. The van der Waals surface area contributed by atoms with Crippen molar-refractivity contribution < 1.29 is 5.11 Å². The Hall–Kier alpha value is -2.43. The summed E-state index contributed by atoms with van der Waals surface area (Å²) in [6, 6.07) is 13.1. The number of rotatable bonds is 6. The molecule has 1 atom stereocenters. The molecule has 172 valence electrons. The first kappa shape index (κ1) is 23.7. The number of benzene rings is 2. The standard InChI is InChI=1S/C25H27Cl2N5O/c1-25(2,16-33)20-4-3-9-31(14-20)13-19-7-6-18(11-21(19)26)23-15-32(30-29-23)24-8-5-17(12-28)10-22(24)27/h5-8,10-11,15,20,33H,3-4,9,13-14,16H2,1-2H3/t20-/m0/s1. The third kappa shape index (κ3) is 5.23. The van der Waals surface area contributed by atoms with Crippen LogP contribution in [0.2, 0.25) is 10.0 Å². The SMILES string of the molecule is CC(C)(CO)[C@H]1CCCN(Cc2ccc(-c3cn(-c4ccc(C#N)cc4Cl)nn3)cc2Cl)C1. The summed E-state index contributed by atoms with van der Waals surface area (Å²) in [6.07, 6.45) is 4.07. The van der Waals surface area contributed by atoms with Gasteiger partial charge in [-0.3, -0.25) is 4.90 Å². The van der Waals surface area contributed by atoms with Gasteiger partial charge in [-0.25, -0.2) is 4.68 Å². The second-order valence-corrected chi connectivity index (χ2v) is 10.2. The molecular formula is C25H27Cl2N5O. The van der Waals surface area contributed by atoms with Crippen LogP contribution < -0.4 is 0 Å². The van der Waals surface area contributed by atoms with Crippen LogP contribution in [0.1, 0.15) is 37.8 Å². The number of aliphatic hydroxyl groups is 1. The fourth-order valence-electron chi connectivity index (χ4n) is 4.32. The number of hydrogen-bond donors (Lipinski definition) is 1. The van der Waals surface area contributed by atoms with Gasteiger partial charge in [0.15, 0.2) is 0 Å². The lowest BCUT2D eigenvalue weighted by Crippen LogP contribution is -2.42. The molecule has 6 nitrogen and oxygen atoms in total. The quantitative estimate of drug-likeness (QED) is 0.511. The van der Waals surface area contributed by atoms with E-state index >= 15 is 0 Å². The third-order valence-corrected chi connectivity index (χ3v) is 7.23. The van der Waals surface area contributed by atoms with E-state index in [2.05, 4.69) is 35.1 Å². The van der Waals surface area contributed by atoms with Crippen molar-refractivity contribution in [2.24, 2.45) is 11.3 Å². The van der Waals surface area contributed by atoms with Crippen LogP contribution in [0.4, 0.5) is 0 Å². The topological polar surface area (TPSA) is 78.0 Å². The average molecular weight is 484 g/mol. The summed E-state index contributed by atoms with van der Waals surface area (Å²) < 4.78 is 1.59. The molecule has 3 aromatic rings. The molecule has 0 amide bonds. The van der Waals surface area contributed by atoms with E-state index in [9.17, 15) is 5.11 Å². The van der Waals surface area contributed by atoms with Gasteiger partial charge in [-0.05, 0) is 60.5 Å². The lowest BCUT2D eigenvalue weighted by atomic mass is 9.75. The maximum absolute atomic E-state index is 9.75. The Balaban J connectivity index is 1.49. The molecule has 1 aliphatic rings. The van der Waals surface area contributed by atoms with Gasteiger partial charge in [-0.15, -0.1) is 5.10 Å². The predicted molar refractivity (Wildman–Crippen MR) is 130 cm³/mol. The molecule has 0 radical (unpaired) electrons. The largest absolute Gasteiger partial charge is 0.396 e. The van der Waals surface area contributed by atoms with Crippen molar-refractivity contribution in [3.63, 3.8) is 0 Å². The molecule has 33 heavy (non-hydrogen) atoms. The van der Waals surface area contributed by atoms with Crippen LogP contribution in [0, 0.1) is 22.7 Å². The molecule has 2 aromatic carbocycles. The first-order valence-corrected chi connectivity index (χ1v) is 11.8. The summed E-state index contributed by atoms with van der Waals surface area (Å²) in [5.41, 5.74) is 3.71. The number of aromatic nitrogens is 3. The van der Waals surface area contributed by atoms with Crippen LogP contribution >= 0.6 is 23.2 Å². The number of piperidine rings is 1. The minimum Gasteiger partial charge on any atom is -0.396 e. The molecule has 0 saturated carbocycles. The Morgan fingerprint density at radius 3 is 2.70 bits per heavy atom. The number of nitriles is 1. The van der Waals surface area contributed by atoms with Gasteiger partial charge < -0.3 is 5.11 Å². The van der Waals surface area contributed by atoms with Crippen molar-refractivity contribution >= 4 is 23.2 Å². The molecule has 1 fully saturated rings. The lowest BCUT2D eigenvalue weighted by molar-refractivity contribution is 0.0382. The summed E-state index contributed by atoms with van der Waals surface area (Å²) in [7, 11) is 0. The van der Waals surface area contributed by atoms with Crippen molar-refractivity contribution in [2.45, 2.75) is 33.2 Å². The molecule has 1 aromatic heterocycles. The number of halogens is 2. The monoisotopic (exact) mass is 483 g/mol. The van der Waals surface area contributed by atoms with Crippen molar-refractivity contribution in [3.05, 3.63) is 63.8 Å². The average Bonchev–Trinajstić information content (AvgIpc) is 3.30. The molecule has 2 heterocycles. The van der Waals surface area contributed by atoms with Gasteiger partial charge in [0.05, 0.1) is 28.5 Å². The molecule has 0 bridgehead atoms. The van der Waals surface area contributed by atoms with E-state index in [-0.39, 0.29) is 12.0 Å². The van der Waals surface area contributed by atoms with E-state index in [4.69, 9.17) is 28.5 Å². The highest BCUT2D eigenvalue weighted by atomic mass is 35.5. The van der Waals surface area contributed by atoms with Gasteiger partial charge in [0, 0.05) is 30.3 Å². The summed E-state index contributed by atoms with van der Waals surface area (Å²) in [4.78, 5) is 2.43. The first-order chi connectivity index (χ1) is 15.8. The third-order valence-electron chi connectivity index (χ3n) is 6.58. The fraction of sp³-hybridized carbons (Fsp3) is 0.400. The fourth-order valence-corrected chi connectivity index (χ4v) is 4.83. The molecule has 4 rings (SSSR count). The van der Waals surface area contributed by atoms with E-state index in [0.29, 0.717) is 32.9 Å². The summed E-state index contributed by atoms with van der Waals surface area (Å²) in [5, 5.41) is 28.4. The predicted octanol–water partition coefficient (Wildman–Crippen LogP) is 5.34. The minimum absolute atomic E-state index is 0.0734. The van der Waals surface area contributed by atoms with Gasteiger partial charge in [0.2, 0.25) is 0 Å². The van der Waals surface area contributed by atoms with Crippen LogP contribution in [-0.2, 0) is 6.54 Å². The molecule has 0 aliphatic carbocycles. The first-order valence-electron chi connectivity index (χ1n) is 11.0. The second kappa shape index (κ2) is 9.82. The zero-order chi connectivity index (χ0) is 23.6. The van der Waals surface area contributed by atoms with Gasteiger partial charge in [-0.2, -0.15) is 5.26 Å². The molecule has 1 aliphatic heterocycles. The van der Waals surface area contributed by atoms with E-state index in [0.717, 1.165) is 43.6 Å². The van der Waals surface area contributed by atoms with Gasteiger partial charge in [0.25, 0.3) is 0 Å². The minimum atomic E-state index is -0.0734. The molecule has 1 saturated heterocycles. The summed E-state index contributed by atoms with van der Waals surface area (Å²) in [5.74, 6) is 0.471. The van der Waals surface area contributed by atoms with Crippen LogP contribution in [0.25, 0.3) is 16.9 Å². The Bertz CT molecular complexity index is 1180. The van der Waals surface area contributed by atoms with Crippen molar-refractivity contribution in [2.75, 3.05) is 19.7 Å². The van der Waals surface area contributed by atoms with Crippen LogP contribution in [0.15, 0.2) is 42.6 Å².